The molecule has 0 heterocycles. The van der Waals surface area contributed by atoms with Crippen molar-refractivity contribution in [3.63, 3.8) is 0 Å². The van der Waals surface area contributed by atoms with Crippen molar-refractivity contribution in [2.24, 2.45) is 0 Å². The van der Waals surface area contributed by atoms with Gasteiger partial charge in [-0.15, -0.1) is 0 Å². The standard InChI is InChI=1S/C15H19NO3/c1-10-6-5-7-13(8-10)9-16(4)14(17)11(2)12(3)15(18)19/h5-8H,9H2,1-4H3,(H,18,19). The topological polar surface area (TPSA) is 57.6 Å². The molecule has 0 saturated heterocycles. The molecule has 4 heteroatoms. The molecule has 102 valence electrons. The first-order valence-corrected chi connectivity index (χ1v) is 6.04. The van der Waals surface area contributed by atoms with E-state index in [1.165, 1.54) is 11.8 Å². The second-order valence-corrected chi connectivity index (χ2v) is 4.71. The zero-order chi connectivity index (χ0) is 14.6. The van der Waals surface area contributed by atoms with Crippen molar-refractivity contribution >= 4 is 11.9 Å². The number of carboxylic acids is 1. The number of nitrogens with zero attached hydrogens (tertiary/aromatic N) is 1. The van der Waals surface area contributed by atoms with Gasteiger partial charge in [-0.25, -0.2) is 4.79 Å². The van der Waals surface area contributed by atoms with Gasteiger partial charge in [0.05, 0.1) is 0 Å². The number of aryl methyl sites for hydroxylation is 1. The maximum Gasteiger partial charge on any atom is 0.331 e. The minimum Gasteiger partial charge on any atom is -0.478 e. The number of rotatable bonds is 4. The van der Waals surface area contributed by atoms with Crippen LogP contribution in [0.2, 0.25) is 0 Å². The zero-order valence-corrected chi connectivity index (χ0v) is 11.7. The molecule has 4 nitrogen and oxygen atoms in total. The third-order valence-corrected chi connectivity index (χ3v) is 3.05. The Labute approximate surface area is 113 Å². The van der Waals surface area contributed by atoms with Crippen LogP contribution in [0.4, 0.5) is 0 Å². The van der Waals surface area contributed by atoms with Crippen molar-refractivity contribution in [1.82, 2.24) is 4.90 Å². The largest absolute Gasteiger partial charge is 0.478 e. The van der Waals surface area contributed by atoms with Gasteiger partial charge < -0.3 is 10.0 Å². The molecule has 0 radical (unpaired) electrons. The Hall–Kier alpha value is -2.10. The first kappa shape index (κ1) is 15.0. The normalized spacial score (nSPS) is 11.8. The van der Waals surface area contributed by atoms with Crippen molar-refractivity contribution in [2.45, 2.75) is 27.3 Å². The average molecular weight is 261 g/mol. The number of carbonyl (C=O) groups is 2. The Morgan fingerprint density at radius 2 is 1.84 bits per heavy atom. The van der Waals surface area contributed by atoms with Gasteiger partial charge in [0, 0.05) is 24.7 Å². The molecule has 19 heavy (non-hydrogen) atoms. The van der Waals surface area contributed by atoms with E-state index in [0.29, 0.717) is 6.54 Å². The van der Waals surface area contributed by atoms with Crippen molar-refractivity contribution in [2.75, 3.05) is 7.05 Å². The Kier molecular flexibility index (Phi) is 4.87. The molecular weight excluding hydrogens is 242 g/mol. The summed E-state index contributed by atoms with van der Waals surface area (Å²) in [5, 5.41) is 8.88. The molecule has 1 amide bonds. The highest BCUT2D eigenvalue weighted by Crippen LogP contribution is 2.11. The highest BCUT2D eigenvalue weighted by Gasteiger charge is 2.16. The number of carboxylic acid groups (broad SMARTS) is 1. The predicted molar refractivity (Wildman–Crippen MR) is 73.7 cm³/mol. The van der Waals surface area contributed by atoms with E-state index >= 15 is 0 Å². The lowest BCUT2D eigenvalue weighted by Crippen LogP contribution is -2.28. The lowest BCUT2D eigenvalue weighted by atomic mass is 10.1. The quantitative estimate of drug-likeness (QED) is 0.846. The molecule has 0 bridgehead atoms. The van der Waals surface area contributed by atoms with Crippen molar-refractivity contribution < 1.29 is 14.7 Å². The molecule has 0 spiro atoms. The van der Waals surface area contributed by atoms with E-state index in [1.807, 2.05) is 31.2 Å². The summed E-state index contributed by atoms with van der Waals surface area (Å²) in [6.45, 7) is 5.43. The van der Waals surface area contributed by atoms with Crippen LogP contribution in [0, 0.1) is 6.92 Å². The second-order valence-electron chi connectivity index (χ2n) is 4.71. The van der Waals surface area contributed by atoms with Crippen LogP contribution in [0.15, 0.2) is 35.4 Å². The summed E-state index contributed by atoms with van der Waals surface area (Å²) in [4.78, 5) is 24.4. The first-order valence-electron chi connectivity index (χ1n) is 6.04. The van der Waals surface area contributed by atoms with Gasteiger partial charge in [-0.3, -0.25) is 4.79 Å². The molecule has 1 aromatic rings. The van der Waals surface area contributed by atoms with E-state index in [2.05, 4.69) is 0 Å². The number of likely N-dealkylation sites (N-methyl/N-ethyl adjacent to an activating group) is 1. The van der Waals surface area contributed by atoms with Gasteiger partial charge in [0.1, 0.15) is 0 Å². The van der Waals surface area contributed by atoms with Crippen LogP contribution in [0.25, 0.3) is 0 Å². The van der Waals surface area contributed by atoms with Crippen LogP contribution in [0.5, 0.6) is 0 Å². The number of amides is 1. The van der Waals surface area contributed by atoms with E-state index in [0.717, 1.165) is 11.1 Å². The molecule has 0 fully saturated rings. The van der Waals surface area contributed by atoms with Crippen LogP contribution < -0.4 is 0 Å². The monoisotopic (exact) mass is 261 g/mol. The van der Waals surface area contributed by atoms with Crippen LogP contribution in [-0.2, 0) is 16.1 Å². The summed E-state index contributed by atoms with van der Waals surface area (Å²) < 4.78 is 0. The minimum absolute atomic E-state index is 0.0843. The Balaban J connectivity index is 2.84. The van der Waals surface area contributed by atoms with Crippen LogP contribution in [-0.4, -0.2) is 28.9 Å². The van der Waals surface area contributed by atoms with Crippen molar-refractivity contribution in [3.05, 3.63) is 46.5 Å². The summed E-state index contributed by atoms with van der Waals surface area (Å²) in [7, 11) is 1.67. The number of aliphatic carboxylic acids is 1. The lowest BCUT2D eigenvalue weighted by molar-refractivity contribution is -0.133. The van der Waals surface area contributed by atoms with Gasteiger partial charge in [0.25, 0.3) is 0 Å². The summed E-state index contributed by atoms with van der Waals surface area (Å²) >= 11 is 0. The SMILES string of the molecule is CC(C(=O)O)=C(C)C(=O)N(C)Cc1cccc(C)c1. The fraction of sp³-hybridized carbons (Fsp3) is 0.333. The fourth-order valence-corrected chi connectivity index (χ4v) is 1.76. The highest BCUT2D eigenvalue weighted by atomic mass is 16.4. The third-order valence-electron chi connectivity index (χ3n) is 3.05. The lowest BCUT2D eigenvalue weighted by Gasteiger charge is -2.18. The summed E-state index contributed by atoms with van der Waals surface area (Å²) in [5.41, 5.74) is 2.51. The molecule has 1 N–H and O–H groups in total. The van der Waals surface area contributed by atoms with Crippen LogP contribution in [0.3, 0.4) is 0 Å². The molecule has 0 aliphatic heterocycles. The van der Waals surface area contributed by atoms with Gasteiger partial charge in [0.15, 0.2) is 0 Å². The zero-order valence-electron chi connectivity index (χ0n) is 11.7. The van der Waals surface area contributed by atoms with Crippen molar-refractivity contribution in [3.8, 4) is 0 Å². The van der Waals surface area contributed by atoms with Gasteiger partial charge in [0.2, 0.25) is 5.91 Å². The maximum absolute atomic E-state index is 12.1. The minimum atomic E-state index is -1.06. The van der Waals surface area contributed by atoms with E-state index in [9.17, 15) is 9.59 Å². The fourth-order valence-electron chi connectivity index (χ4n) is 1.76. The molecule has 0 saturated carbocycles. The molecule has 0 unspecified atom stereocenters. The number of carbonyl (C=O) groups excluding carboxylic acids is 1. The Bertz CT molecular complexity index is 532. The summed E-state index contributed by atoms with van der Waals surface area (Å²) in [5.74, 6) is -1.32. The number of hydrogen-bond acceptors (Lipinski definition) is 2. The van der Waals surface area contributed by atoms with Gasteiger partial charge in [-0.1, -0.05) is 29.8 Å². The highest BCUT2D eigenvalue weighted by molar-refractivity contribution is 6.01. The molecule has 0 atom stereocenters. The number of benzene rings is 1. The Morgan fingerprint density at radius 1 is 1.21 bits per heavy atom. The van der Waals surface area contributed by atoms with E-state index < -0.39 is 5.97 Å². The number of hydrogen-bond donors (Lipinski definition) is 1. The van der Waals surface area contributed by atoms with Gasteiger partial charge >= 0.3 is 5.97 Å². The van der Waals surface area contributed by atoms with Gasteiger partial charge in [-0.05, 0) is 26.3 Å². The van der Waals surface area contributed by atoms with E-state index in [4.69, 9.17) is 5.11 Å². The molecule has 0 aliphatic rings. The van der Waals surface area contributed by atoms with Gasteiger partial charge in [-0.2, -0.15) is 0 Å². The smallest absolute Gasteiger partial charge is 0.331 e. The second kappa shape index (κ2) is 6.18. The average Bonchev–Trinajstić information content (AvgIpc) is 2.35. The first-order chi connectivity index (χ1) is 8.82. The van der Waals surface area contributed by atoms with Crippen LogP contribution in [0.1, 0.15) is 25.0 Å². The summed E-state index contributed by atoms with van der Waals surface area (Å²) in [6, 6.07) is 7.88. The summed E-state index contributed by atoms with van der Waals surface area (Å²) in [6.07, 6.45) is 0. The molecule has 1 aromatic carbocycles. The third kappa shape index (κ3) is 3.95. The van der Waals surface area contributed by atoms with E-state index in [1.54, 1.807) is 14.0 Å². The maximum atomic E-state index is 12.1. The van der Waals surface area contributed by atoms with Crippen molar-refractivity contribution in [1.29, 1.82) is 0 Å². The van der Waals surface area contributed by atoms with E-state index in [-0.39, 0.29) is 17.1 Å². The van der Waals surface area contributed by atoms with Crippen LogP contribution >= 0.6 is 0 Å². The molecule has 0 aromatic heterocycles. The Morgan fingerprint density at radius 3 is 2.37 bits per heavy atom. The predicted octanol–water partition coefficient (Wildman–Crippen LogP) is 2.37. The molecule has 1 rings (SSSR count). The molecule has 0 aliphatic carbocycles. The molecular formula is C15H19NO3.